The van der Waals surface area contributed by atoms with Crippen LogP contribution in [0.4, 0.5) is 11.4 Å². The van der Waals surface area contributed by atoms with Gasteiger partial charge in [-0.05, 0) is 57.0 Å². The van der Waals surface area contributed by atoms with E-state index in [1.165, 1.54) is 35.6 Å². The number of anilines is 1. The van der Waals surface area contributed by atoms with Crippen LogP contribution in [0.25, 0.3) is 0 Å². The fraction of sp³-hybridized carbons (Fsp3) is 0.0909. The number of nitrogens with zero attached hydrogens (tertiary/aromatic N) is 1. The highest BCUT2D eigenvalue weighted by atomic mass is 79.9. The second-order valence-corrected chi connectivity index (χ2v) is 9.14. The number of thiophene rings is 1. The molecule has 0 aliphatic heterocycles. The number of nitro benzene ring substituents is 1. The van der Waals surface area contributed by atoms with Gasteiger partial charge in [-0.1, -0.05) is 0 Å². The molecule has 1 N–H and O–H groups in total. The molecular formula is C11H8Br2N2O4S2. The third-order valence-electron chi connectivity index (χ3n) is 2.53. The van der Waals surface area contributed by atoms with Crippen LogP contribution in [0.2, 0.25) is 0 Å². The van der Waals surface area contributed by atoms with Crippen LogP contribution in [-0.4, -0.2) is 13.3 Å². The maximum Gasteiger partial charge on any atom is 0.285 e. The Morgan fingerprint density at radius 1 is 1.29 bits per heavy atom. The van der Waals surface area contributed by atoms with Crippen LogP contribution in [-0.2, 0) is 10.0 Å². The van der Waals surface area contributed by atoms with E-state index in [1.807, 2.05) is 0 Å². The SMILES string of the molecule is Cc1sc(Br)cc1S(=O)(=O)Nc1ccc(Br)c([N+](=O)[O-])c1. The summed E-state index contributed by atoms with van der Waals surface area (Å²) in [5.41, 5.74) is -0.0787. The van der Waals surface area contributed by atoms with Crippen molar-refractivity contribution in [2.45, 2.75) is 11.8 Å². The Kier molecular flexibility index (Phi) is 4.71. The molecule has 0 fully saturated rings. The van der Waals surface area contributed by atoms with Crippen LogP contribution >= 0.6 is 43.2 Å². The average Bonchev–Trinajstić information content (AvgIpc) is 2.71. The Balaban J connectivity index is 2.40. The first-order valence-electron chi connectivity index (χ1n) is 5.43. The summed E-state index contributed by atoms with van der Waals surface area (Å²) >= 11 is 7.58. The molecule has 0 unspecified atom stereocenters. The third-order valence-corrected chi connectivity index (χ3v) is 6.39. The minimum atomic E-state index is -3.79. The van der Waals surface area contributed by atoms with E-state index >= 15 is 0 Å². The third kappa shape index (κ3) is 3.62. The smallest absolute Gasteiger partial charge is 0.279 e. The van der Waals surface area contributed by atoms with Crippen LogP contribution in [0.1, 0.15) is 4.88 Å². The second-order valence-electron chi connectivity index (χ2n) is 4.00. The molecule has 1 aromatic heterocycles. The van der Waals surface area contributed by atoms with Crippen LogP contribution < -0.4 is 4.72 Å². The maximum atomic E-state index is 12.3. The standard InChI is InChI=1S/C11H8Br2N2O4S2/c1-6-10(5-11(13)20-6)21(18,19)14-7-2-3-8(12)9(4-7)15(16)17/h2-5,14H,1H3. The van der Waals surface area contributed by atoms with Crippen molar-refractivity contribution >= 4 is 64.6 Å². The monoisotopic (exact) mass is 454 g/mol. The first-order valence-corrected chi connectivity index (χ1v) is 9.32. The van der Waals surface area contributed by atoms with Gasteiger partial charge in [0.25, 0.3) is 15.7 Å². The first-order chi connectivity index (χ1) is 9.70. The Morgan fingerprint density at radius 2 is 1.95 bits per heavy atom. The summed E-state index contributed by atoms with van der Waals surface area (Å²) in [6.07, 6.45) is 0. The summed E-state index contributed by atoms with van der Waals surface area (Å²) in [6, 6.07) is 5.53. The highest BCUT2D eigenvalue weighted by Crippen LogP contribution is 2.32. The number of sulfonamides is 1. The van der Waals surface area contributed by atoms with E-state index in [4.69, 9.17) is 0 Å². The molecule has 0 atom stereocenters. The van der Waals surface area contributed by atoms with Crippen molar-refractivity contribution in [2.75, 3.05) is 4.72 Å². The fourth-order valence-electron chi connectivity index (χ4n) is 1.62. The van der Waals surface area contributed by atoms with E-state index in [1.54, 1.807) is 6.92 Å². The summed E-state index contributed by atoms with van der Waals surface area (Å²) in [4.78, 5) is 11.0. The van der Waals surface area contributed by atoms with E-state index in [0.29, 0.717) is 8.66 Å². The number of aryl methyl sites for hydroxylation is 1. The number of nitro groups is 1. The van der Waals surface area contributed by atoms with Gasteiger partial charge in [-0.2, -0.15) is 0 Å². The average molecular weight is 456 g/mol. The number of nitrogens with one attached hydrogen (secondary N) is 1. The molecule has 6 nitrogen and oxygen atoms in total. The number of halogens is 2. The van der Waals surface area contributed by atoms with Crippen LogP contribution in [0.15, 0.2) is 37.4 Å². The molecule has 0 aliphatic carbocycles. The van der Waals surface area contributed by atoms with Gasteiger partial charge < -0.3 is 0 Å². The van der Waals surface area contributed by atoms with Crippen molar-refractivity contribution in [2.24, 2.45) is 0 Å². The summed E-state index contributed by atoms with van der Waals surface area (Å²) in [5.74, 6) is 0. The molecule has 0 saturated carbocycles. The lowest BCUT2D eigenvalue weighted by Gasteiger charge is -2.08. The predicted molar refractivity (Wildman–Crippen MR) is 88.4 cm³/mol. The van der Waals surface area contributed by atoms with Crippen molar-refractivity contribution in [1.82, 2.24) is 0 Å². The molecule has 2 aromatic rings. The minimum Gasteiger partial charge on any atom is -0.279 e. The topological polar surface area (TPSA) is 89.3 Å². The van der Waals surface area contributed by atoms with Crippen molar-refractivity contribution in [3.63, 3.8) is 0 Å². The van der Waals surface area contributed by atoms with E-state index < -0.39 is 14.9 Å². The van der Waals surface area contributed by atoms with Gasteiger partial charge in [-0.3, -0.25) is 14.8 Å². The Morgan fingerprint density at radius 3 is 2.48 bits per heavy atom. The molecular weight excluding hydrogens is 448 g/mol. The van der Waals surface area contributed by atoms with Gasteiger partial charge >= 0.3 is 0 Å². The Labute approximate surface area is 141 Å². The highest BCUT2D eigenvalue weighted by Gasteiger charge is 2.21. The number of benzene rings is 1. The lowest BCUT2D eigenvalue weighted by molar-refractivity contribution is -0.385. The largest absolute Gasteiger partial charge is 0.285 e. The minimum absolute atomic E-state index is 0.131. The normalized spacial score (nSPS) is 11.4. The molecule has 0 spiro atoms. The molecule has 21 heavy (non-hydrogen) atoms. The molecule has 0 saturated heterocycles. The van der Waals surface area contributed by atoms with Gasteiger partial charge in [0.05, 0.1) is 18.9 Å². The van der Waals surface area contributed by atoms with Gasteiger partial charge in [-0.25, -0.2) is 8.42 Å². The molecule has 1 heterocycles. The number of hydrogen-bond acceptors (Lipinski definition) is 5. The zero-order valence-corrected chi connectivity index (χ0v) is 15.3. The molecule has 1 aromatic carbocycles. The fourth-order valence-corrected chi connectivity index (χ4v) is 5.48. The van der Waals surface area contributed by atoms with E-state index in [9.17, 15) is 18.5 Å². The summed E-state index contributed by atoms with van der Waals surface area (Å²) in [7, 11) is -3.79. The lowest BCUT2D eigenvalue weighted by atomic mass is 10.3. The van der Waals surface area contributed by atoms with Crippen LogP contribution in [0.3, 0.4) is 0 Å². The zero-order valence-electron chi connectivity index (χ0n) is 10.5. The van der Waals surface area contributed by atoms with Gasteiger partial charge in [-0.15, -0.1) is 11.3 Å². The Bertz CT molecular complexity index is 818. The maximum absolute atomic E-state index is 12.3. The number of rotatable bonds is 4. The molecule has 112 valence electrons. The highest BCUT2D eigenvalue weighted by molar-refractivity contribution is 9.11. The predicted octanol–water partition coefficient (Wildman–Crippen LogP) is 4.29. The molecule has 10 heteroatoms. The van der Waals surface area contributed by atoms with Crippen LogP contribution in [0.5, 0.6) is 0 Å². The van der Waals surface area contributed by atoms with Gasteiger partial charge in [0.2, 0.25) is 0 Å². The molecule has 2 rings (SSSR count). The summed E-state index contributed by atoms with van der Waals surface area (Å²) < 4.78 is 27.9. The van der Waals surface area contributed by atoms with E-state index in [0.717, 1.165) is 0 Å². The molecule has 0 radical (unpaired) electrons. The second kappa shape index (κ2) is 6.03. The van der Waals surface area contributed by atoms with E-state index in [-0.39, 0.29) is 20.7 Å². The van der Waals surface area contributed by atoms with Crippen molar-refractivity contribution in [3.05, 3.63) is 47.5 Å². The lowest BCUT2D eigenvalue weighted by Crippen LogP contribution is -2.13. The zero-order chi connectivity index (χ0) is 15.8. The van der Waals surface area contributed by atoms with Gasteiger partial charge in [0, 0.05) is 10.9 Å². The summed E-state index contributed by atoms with van der Waals surface area (Å²) in [5, 5.41) is 10.9. The van der Waals surface area contributed by atoms with Gasteiger partial charge in [0.1, 0.15) is 4.90 Å². The van der Waals surface area contributed by atoms with Crippen molar-refractivity contribution in [1.29, 1.82) is 0 Å². The number of hydrogen-bond donors (Lipinski definition) is 1. The quantitative estimate of drug-likeness (QED) is 0.549. The van der Waals surface area contributed by atoms with E-state index in [2.05, 4.69) is 36.6 Å². The van der Waals surface area contributed by atoms with Crippen molar-refractivity contribution < 1.29 is 13.3 Å². The first kappa shape index (κ1) is 16.4. The van der Waals surface area contributed by atoms with Gasteiger partial charge in [0.15, 0.2) is 0 Å². The molecule has 0 aliphatic rings. The molecule has 0 amide bonds. The Hall–Kier alpha value is -0.970. The van der Waals surface area contributed by atoms with Crippen molar-refractivity contribution in [3.8, 4) is 0 Å². The van der Waals surface area contributed by atoms with Crippen LogP contribution in [0, 0.1) is 17.0 Å². The molecule has 0 bridgehead atoms. The summed E-state index contributed by atoms with van der Waals surface area (Å²) in [6.45, 7) is 1.69.